The molecule has 1 aliphatic heterocycles. The summed E-state index contributed by atoms with van der Waals surface area (Å²) in [7, 11) is 0. The summed E-state index contributed by atoms with van der Waals surface area (Å²) in [6, 6.07) is 0. The normalized spacial score (nSPS) is 24.4. The van der Waals surface area contributed by atoms with Gasteiger partial charge in [-0.05, 0) is 19.8 Å². The Kier molecular flexibility index (Phi) is 7.96. The summed E-state index contributed by atoms with van der Waals surface area (Å²) >= 11 is 0. The van der Waals surface area contributed by atoms with Gasteiger partial charge in [0.15, 0.2) is 0 Å². The van der Waals surface area contributed by atoms with Crippen molar-refractivity contribution in [2.24, 2.45) is 5.92 Å². The zero-order valence-corrected chi connectivity index (χ0v) is 10.5. The fraction of sp³-hybridized carbons (Fsp3) is 0.917. The minimum absolute atomic E-state index is 0.175. The van der Waals surface area contributed by atoms with E-state index in [1.165, 1.54) is 0 Å². The van der Waals surface area contributed by atoms with E-state index >= 15 is 0 Å². The summed E-state index contributed by atoms with van der Waals surface area (Å²) in [6.07, 6.45) is 1.59. The molecule has 0 saturated carbocycles. The fourth-order valence-corrected chi connectivity index (χ4v) is 1.63. The maximum Gasteiger partial charge on any atom is 0.311 e. The molecule has 5 heteroatoms. The van der Waals surface area contributed by atoms with Gasteiger partial charge < -0.3 is 18.9 Å². The monoisotopic (exact) mass is 246 g/mol. The summed E-state index contributed by atoms with van der Waals surface area (Å²) in [5.74, 6) is -0.358. The van der Waals surface area contributed by atoms with Gasteiger partial charge in [-0.2, -0.15) is 0 Å². The highest BCUT2D eigenvalue weighted by Gasteiger charge is 2.19. The molecule has 17 heavy (non-hydrogen) atoms. The van der Waals surface area contributed by atoms with Gasteiger partial charge in [-0.1, -0.05) is 0 Å². The fourth-order valence-electron chi connectivity index (χ4n) is 1.63. The molecule has 1 aliphatic rings. The summed E-state index contributed by atoms with van der Waals surface area (Å²) in [5, 5.41) is 0. The van der Waals surface area contributed by atoms with Gasteiger partial charge in [0.1, 0.15) is 0 Å². The second kappa shape index (κ2) is 9.39. The topological polar surface area (TPSA) is 54.0 Å². The summed E-state index contributed by atoms with van der Waals surface area (Å²) < 4.78 is 21.1. The smallest absolute Gasteiger partial charge is 0.311 e. The SMILES string of the molecule is CCOC(=O)C1CCCOCCOCCOC1. The van der Waals surface area contributed by atoms with Crippen molar-refractivity contribution >= 4 is 5.97 Å². The number of hydrogen-bond donors (Lipinski definition) is 0. The van der Waals surface area contributed by atoms with E-state index in [-0.39, 0.29) is 11.9 Å². The maximum absolute atomic E-state index is 11.6. The van der Waals surface area contributed by atoms with Crippen molar-refractivity contribution in [3.63, 3.8) is 0 Å². The van der Waals surface area contributed by atoms with Crippen LogP contribution in [-0.4, -0.2) is 52.2 Å². The number of carbonyl (C=O) groups excluding carboxylic acids is 1. The van der Waals surface area contributed by atoms with E-state index in [2.05, 4.69) is 0 Å². The number of ether oxygens (including phenoxy) is 4. The molecule has 5 nitrogen and oxygen atoms in total. The van der Waals surface area contributed by atoms with Gasteiger partial charge >= 0.3 is 5.97 Å². The van der Waals surface area contributed by atoms with Gasteiger partial charge in [0.25, 0.3) is 0 Å². The quantitative estimate of drug-likeness (QED) is 0.681. The lowest BCUT2D eigenvalue weighted by atomic mass is 10.1. The van der Waals surface area contributed by atoms with E-state index < -0.39 is 0 Å². The second-order valence-corrected chi connectivity index (χ2v) is 3.89. The van der Waals surface area contributed by atoms with Crippen molar-refractivity contribution in [3.05, 3.63) is 0 Å². The van der Waals surface area contributed by atoms with E-state index in [0.29, 0.717) is 46.2 Å². The Bertz CT molecular complexity index is 195. The van der Waals surface area contributed by atoms with Gasteiger partial charge in [0, 0.05) is 6.61 Å². The first-order valence-electron chi connectivity index (χ1n) is 6.24. The van der Waals surface area contributed by atoms with Gasteiger partial charge in [-0.25, -0.2) is 0 Å². The third-order valence-electron chi connectivity index (χ3n) is 2.52. The van der Waals surface area contributed by atoms with Crippen molar-refractivity contribution < 1.29 is 23.7 Å². The van der Waals surface area contributed by atoms with Crippen LogP contribution < -0.4 is 0 Å². The number of rotatable bonds is 2. The third kappa shape index (κ3) is 6.61. The molecule has 0 bridgehead atoms. The highest BCUT2D eigenvalue weighted by atomic mass is 16.5. The molecular formula is C12H22O5. The van der Waals surface area contributed by atoms with E-state index in [4.69, 9.17) is 18.9 Å². The van der Waals surface area contributed by atoms with Crippen molar-refractivity contribution in [2.45, 2.75) is 19.8 Å². The Hall–Kier alpha value is -0.650. The molecule has 0 aromatic heterocycles. The highest BCUT2D eigenvalue weighted by molar-refractivity contribution is 5.72. The molecule has 0 radical (unpaired) electrons. The van der Waals surface area contributed by atoms with Crippen LogP contribution in [0.2, 0.25) is 0 Å². The zero-order valence-electron chi connectivity index (χ0n) is 10.5. The number of hydrogen-bond acceptors (Lipinski definition) is 5. The average Bonchev–Trinajstić information content (AvgIpc) is 2.30. The largest absolute Gasteiger partial charge is 0.466 e. The van der Waals surface area contributed by atoms with E-state index in [1.54, 1.807) is 0 Å². The Morgan fingerprint density at radius 1 is 1.12 bits per heavy atom. The van der Waals surface area contributed by atoms with E-state index in [9.17, 15) is 4.79 Å². The van der Waals surface area contributed by atoms with Crippen LogP contribution >= 0.6 is 0 Å². The molecule has 0 aromatic carbocycles. The maximum atomic E-state index is 11.6. The van der Waals surface area contributed by atoms with Crippen molar-refractivity contribution in [1.29, 1.82) is 0 Å². The van der Waals surface area contributed by atoms with Crippen LogP contribution in [0.25, 0.3) is 0 Å². The van der Waals surface area contributed by atoms with E-state index in [0.717, 1.165) is 12.8 Å². The van der Waals surface area contributed by atoms with Crippen molar-refractivity contribution in [1.82, 2.24) is 0 Å². The Morgan fingerprint density at radius 3 is 2.47 bits per heavy atom. The zero-order chi connectivity index (χ0) is 12.3. The van der Waals surface area contributed by atoms with Crippen molar-refractivity contribution in [3.8, 4) is 0 Å². The van der Waals surface area contributed by atoms with Crippen LogP contribution in [0.1, 0.15) is 19.8 Å². The molecule has 0 aromatic rings. The predicted octanol–water partition coefficient (Wildman–Crippen LogP) is 1.01. The first-order chi connectivity index (χ1) is 8.34. The van der Waals surface area contributed by atoms with Gasteiger partial charge in [0.05, 0.1) is 45.6 Å². The van der Waals surface area contributed by atoms with Crippen molar-refractivity contribution in [2.75, 3.05) is 46.2 Å². The molecular weight excluding hydrogens is 224 g/mol. The van der Waals surface area contributed by atoms with Crippen LogP contribution in [0.5, 0.6) is 0 Å². The highest BCUT2D eigenvalue weighted by Crippen LogP contribution is 2.10. The van der Waals surface area contributed by atoms with Gasteiger partial charge in [-0.3, -0.25) is 4.79 Å². The molecule has 100 valence electrons. The van der Waals surface area contributed by atoms with Crippen LogP contribution in [0.15, 0.2) is 0 Å². The Morgan fingerprint density at radius 2 is 1.76 bits per heavy atom. The van der Waals surface area contributed by atoms with Gasteiger partial charge in [0.2, 0.25) is 0 Å². The molecule has 0 N–H and O–H groups in total. The van der Waals surface area contributed by atoms with Crippen LogP contribution in [-0.2, 0) is 23.7 Å². The molecule has 1 rings (SSSR count). The first-order valence-corrected chi connectivity index (χ1v) is 6.24. The second-order valence-electron chi connectivity index (χ2n) is 3.89. The average molecular weight is 246 g/mol. The standard InChI is InChI=1S/C12H22O5/c1-2-17-12(13)11-4-3-5-14-6-7-15-8-9-16-10-11/h11H,2-10H2,1H3. The minimum Gasteiger partial charge on any atom is -0.466 e. The van der Waals surface area contributed by atoms with Gasteiger partial charge in [-0.15, -0.1) is 0 Å². The molecule has 0 aliphatic carbocycles. The molecule has 0 spiro atoms. The lowest BCUT2D eigenvalue weighted by Crippen LogP contribution is -2.25. The van der Waals surface area contributed by atoms with E-state index in [1.807, 2.05) is 6.92 Å². The predicted molar refractivity (Wildman–Crippen MR) is 61.8 cm³/mol. The van der Waals surface area contributed by atoms with Crippen LogP contribution in [0, 0.1) is 5.92 Å². The summed E-state index contributed by atoms with van der Waals surface area (Å²) in [4.78, 5) is 11.6. The Balaban J connectivity index is 2.34. The Labute approximate surface area is 102 Å². The number of carbonyl (C=O) groups is 1. The molecule has 1 saturated heterocycles. The molecule has 1 heterocycles. The molecule has 1 unspecified atom stereocenters. The minimum atomic E-state index is -0.182. The third-order valence-corrected chi connectivity index (χ3v) is 2.52. The summed E-state index contributed by atoms with van der Waals surface area (Å²) in [5.41, 5.74) is 0. The van der Waals surface area contributed by atoms with Crippen LogP contribution in [0.3, 0.4) is 0 Å². The van der Waals surface area contributed by atoms with Crippen LogP contribution in [0.4, 0.5) is 0 Å². The molecule has 1 fully saturated rings. The summed E-state index contributed by atoms with van der Waals surface area (Å²) in [6.45, 7) is 5.53. The molecule has 0 amide bonds. The molecule has 1 atom stereocenters. The lowest BCUT2D eigenvalue weighted by molar-refractivity contribution is -0.151. The number of esters is 1. The first kappa shape index (κ1) is 14.4. The lowest BCUT2D eigenvalue weighted by Gasteiger charge is -2.17.